The fourth-order valence-electron chi connectivity index (χ4n) is 1.66. The van der Waals surface area contributed by atoms with Crippen LogP contribution in [0.1, 0.15) is 11.1 Å². The molecule has 0 aliphatic heterocycles. The van der Waals surface area contributed by atoms with Crippen molar-refractivity contribution in [2.24, 2.45) is 0 Å². The molecule has 2 aromatic carbocycles. The van der Waals surface area contributed by atoms with Gasteiger partial charge in [0.05, 0.1) is 0 Å². The Balaban J connectivity index is 1.77. The molecule has 104 valence electrons. The molecule has 4 heteroatoms. The summed E-state index contributed by atoms with van der Waals surface area (Å²) in [6, 6.07) is 15.7. The molecule has 0 spiro atoms. The van der Waals surface area contributed by atoms with Crippen molar-refractivity contribution in [2.75, 3.05) is 6.61 Å². The van der Waals surface area contributed by atoms with E-state index in [9.17, 15) is 4.79 Å². The average molecular weight is 381 g/mol. The van der Waals surface area contributed by atoms with Gasteiger partial charge in [0.2, 0.25) is 0 Å². The zero-order valence-corrected chi connectivity index (χ0v) is 13.4. The van der Waals surface area contributed by atoms with Crippen molar-refractivity contribution in [3.8, 4) is 5.75 Å². The van der Waals surface area contributed by atoms with E-state index in [4.69, 9.17) is 4.74 Å². The molecule has 2 rings (SSSR count). The van der Waals surface area contributed by atoms with Crippen molar-refractivity contribution in [2.45, 2.75) is 13.5 Å². The zero-order valence-electron chi connectivity index (χ0n) is 11.2. The average Bonchev–Trinajstić information content (AvgIpc) is 2.45. The molecule has 0 aliphatic rings. The lowest BCUT2D eigenvalue weighted by Crippen LogP contribution is -2.28. The van der Waals surface area contributed by atoms with Gasteiger partial charge in [-0.25, -0.2) is 0 Å². The van der Waals surface area contributed by atoms with Gasteiger partial charge < -0.3 is 10.1 Å². The first kappa shape index (κ1) is 14.8. The molecular weight excluding hydrogens is 365 g/mol. The summed E-state index contributed by atoms with van der Waals surface area (Å²) in [4.78, 5) is 11.7. The number of carbonyl (C=O) groups is 1. The normalized spacial score (nSPS) is 10.1. The molecule has 0 unspecified atom stereocenters. The maximum absolute atomic E-state index is 11.7. The smallest absolute Gasteiger partial charge is 0.258 e. The summed E-state index contributed by atoms with van der Waals surface area (Å²) in [6.45, 7) is 2.60. The second-order valence-electron chi connectivity index (χ2n) is 4.51. The molecule has 20 heavy (non-hydrogen) atoms. The molecule has 1 N–H and O–H groups in total. The van der Waals surface area contributed by atoms with E-state index >= 15 is 0 Å². The SMILES string of the molecule is Cc1ccc(CNC(=O)COc2cccc(I)c2)cc1. The van der Waals surface area contributed by atoms with Gasteiger partial charge >= 0.3 is 0 Å². The summed E-state index contributed by atoms with van der Waals surface area (Å²) >= 11 is 2.21. The highest BCUT2D eigenvalue weighted by molar-refractivity contribution is 14.1. The molecule has 0 aliphatic carbocycles. The third-order valence-corrected chi connectivity index (χ3v) is 3.45. The molecule has 3 nitrogen and oxygen atoms in total. The molecule has 0 bridgehead atoms. The van der Waals surface area contributed by atoms with Gasteiger partial charge in [0.15, 0.2) is 6.61 Å². The molecule has 0 fully saturated rings. The fourth-order valence-corrected chi connectivity index (χ4v) is 2.18. The number of nitrogens with one attached hydrogen (secondary N) is 1. The fraction of sp³-hybridized carbons (Fsp3) is 0.188. The zero-order chi connectivity index (χ0) is 14.4. The van der Waals surface area contributed by atoms with E-state index in [0.717, 1.165) is 9.13 Å². The van der Waals surface area contributed by atoms with Gasteiger partial charge in [-0.1, -0.05) is 35.9 Å². The Labute approximate surface area is 132 Å². The van der Waals surface area contributed by atoms with Crippen LogP contribution < -0.4 is 10.1 Å². The number of halogens is 1. The van der Waals surface area contributed by atoms with E-state index in [0.29, 0.717) is 12.3 Å². The van der Waals surface area contributed by atoms with E-state index in [1.165, 1.54) is 5.56 Å². The predicted octanol–water partition coefficient (Wildman–Crippen LogP) is 3.29. The van der Waals surface area contributed by atoms with Gasteiger partial charge in [-0.2, -0.15) is 0 Å². The van der Waals surface area contributed by atoms with Crippen LogP contribution in [0.4, 0.5) is 0 Å². The van der Waals surface area contributed by atoms with Gasteiger partial charge in [0.25, 0.3) is 5.91 Å². The summed E-state index contributed by atoms with van der Waals surface area (Å²) in [5.74, 6) is 0.590. The van der Waals surface area contributed by atoms with Crippen molar-refractivity contribution in [1.82, 2.24) is 5.32 Å². The number of aryl methyl sites for hydroxylation is 1. The van der Waals surface area contributed by atoms with E-state index < -0.39 is 0 Å². The first-order valence-electron chi connectivity index (χ1n) is 6.34. The predicted molar refractivity (Wildman–Crippen MR) is 87.7 cm³/mol. The van der Waals surface area contributed by atoms with Crippen LogP contribution in [0.3, 0.4) is 0 Å². The van der Waals surface area contributed by atoms with Crippen molar-refractivity contribution < 1.29 is 9.53 Å². The van der Waals surface area contributed by atoms with E-state index in [2.05, 4.69) is 27.9 Å². The number of hydrogen-bond donors (Lipinski definition) is 1. The standard InChI is InChI=1S/C16H16INO2/c1-12-5-7-13(8-6-12)10-18-16(19)11-20-15-4-2-3-14(17)9-15/h2-9H,10-11H2,1H3,(H,18,19). The topological polar surface area (TPSA) is 38.3 Å². The molecule has 1 amide bonds. The van der Waals surface area contributed by atoms with Crippen LogP contribution >= 0.6 is 22.6 Å². The Kier molecular flexibility index (Phi) is 5.40. The summed E-state index contributed by atoms with van der Waals surface area (Å²) in [6.07, 6.45) is 0. The molecular formula is C16H16INO2. The molecule has 0 radical (unpaired) electrons. The minimum Gasteiger partial charge on any atom is -0.484 e. The molecule has 0 saturated heterocycles. The highest BCUT2D eigenvalue weighted by Crippen LogP contribution is 2.14. The second kappa shape index (κ2) is 7.28. The van der Waals surface area contributed by atoms with Crippen molar-refractivity contribution in [1.29, 1.82) is 0 Å². The van der Waals surface area contributed by atoms with Crippen LogP contribution in [0, 0.1) is 10.5 Å². The highest BCUT2D eigenvalue weighted by Gasteiger charge is 2.03. The van der Waals surface area contributed by atoms with E-state index in [-0.39, 0.29) is 12.5 Å². The van der Waals surface area contributed by atoms with Crippen molar-refractivity contribution in [3.63, 3.8) is 0 Å². The number of ether oxygens (including phenoxy) is 1. The van der Waals surface area contributed by atoms with Gasteiger partial charge in [0.1, 0.15) is 5.75 Å². The minimum absolute atomic E-state index is 0.0337. The Hall–Kier alpha value is -1.56. The van der Waals surface area contributed by atoms with Gasteiger partial charge in [-0.15, -0.1) is 0 Å². The third-order valence-electron chi connectivity index (χ3n) is 2.78. The largest absolute Gasteiger partial charge is 0.484 e. The number of benzene rings is 2. The molecule has 2 aromatic rings. The Morgan fingerprint density at radius 1 is 1.20 bits per heavy atom. The quantitative estimate of drug-likeness (QED) is 0.808. The second-order valence-corrected chi connectivity index (χ2v) is 5.75. The number of carbonyl (C=O) groups excluding carboxylic acids is 1. The number of rotatable bonds is 5. The van der Waals surface area contributed by atoms with Crippen LogP contribution in [-0.2, 0) is 11.3 Å². The van der Waals surface area contributed by atoms with Crippen LogP contribution in [0.25, 0.3) is 0 Å². The lowest BCUT2D eigenvalue weighted by molar-refractivity contribution is -0.123. The molecule has 0 aromatic heterocycles. The number of amides is 1. The van der Waals surface area contributed by atoms with Gasteiger partial charge in [-0.05, 0) is 53.3 Å². The Morgan fingerprint density at radius 2 is 1.95 bits per heavy atom. The first-order valence-corrected chi connectivity index (χ1v) is 7.42. The lowest BCUT2D eigenvalue weighted by Gasteiger charge is -2.08. The molecule has 0 atom stereocenters. The van der Waals surface area contributed by atoms with Crippen molar-refractivity contribution in [3.05, 3.63) is 63.2 Å². The monoisotopic (exact) mass is 381 g/mol. The molecule has 0 saturated carbocycles. The van der Waals surface area contributed by atoms with Crippen LogP contribution in [0.5, 0.6) is 5.75 Å². The van der Waals surface area contributed by atoms with Crippen LogP contribution in [0.2, 0.25) is 0 Å². The maximum atomic E-state index is 11.7. The Bertz CT molecular complexity index is 581. The van der Waals surface area contributed by atoms with Gasteiger partial charge in [0, 0.05) is 10.1 Å². The minimum atomic E-state index is -0.121. The summed E-state index contributed by atoms with van der Waals surface area (Å²) in [7, 11) is 0. The van der Waals surface area contributed by atoms with E-state index in [1.807, 2.05) is 55.5 Å². The lowest BCUT2D eigenvalue weighted by atomic mass is 10.1. The van der Waals surface area contributed by atoms with Crippen molar-refractivity contribution >= 4 is 28.5 Å². The summed E-state index contributed by atoms with van der Waals surface area (Å²) < 4.78 is 6.52. The number of hydrogen-bond acceptors (Lipinski definition) is 2. The van der Waals surface area contributed by atoms with Crippen LogP contribution in [-0.4, -0.2) is 12.5 Å². The summed E-state index contributed by atoms with van der Waals surface area (Å²) in [5.41, 5.74) is 2.29. The van der Waals surface area contributed by atoms with E-state index in [1.54, 1.807) is 0 Å². The highest BCUT2D eigenvalue weighted by atomic mass is 127. The first-order chi connectivity index (χ1) is 9.63. The Morgan fingerprint density at radius 3 is 2.65 bits per heavy atom. The van der Waals surface area contributed by atoms with Crippen LogP contribution in [0.15, 0.2) is 48.5 Å². The summed E-state index contributed by atoms with van der Waals surface area (Å²) in [5, 5.41) is 2.84. The third kappa shape index (κ3) is 4.85. The molecule has 0 heterocycles. The maximum Gasteiger partial charge on any atom is 0.258 e. The van der Waals surface area contributed by atoms with Gasteiger partial charge in [-0.3, -0.25) is 4.79 Å².